The number of rotatable bonds is 6. The molecule has 138 valence electrons. The van der Waals surface area contributed by atoms with E-state index in [9.17, 15) is 9.59 Å². The molecular formula is C21H20N2O4. The molecule has 0 aliphatic heterocycles. The summed E-state index contributed by atoms with van der Waals surface area (Å²) < 4.78 is 11.0. The molecule has 0 saturated heterocycles. The molecule has 0 unspecified atom stereocenters. The van der Waals surface area contributed by atoms with Gasteiger partial charge < -0.3 is 14.5 Å². The summed E-state index contributed by atoms with van der Waals surface area (Å²) in [6.45, 7) is 3.45. The maximum absolute atomic E-state index is 12.0. The third-order valence-electron chi connectivity index (χ3n) is 3.84. The van der Waals surface area contributed by atoms with E-state index in [0.29, 0.717) is 29.5 Å². The van der Waals surface area contributed by atoms with Crippen LogP contribution in [0, 0.1) is 6.92 Å². The van der Waals surface area contributed by atoms with Gasteiger partial charge in [0.2, 0.25) is 5.91 Å². The van der Waals surface area contributed by atoms with Crippen LogP contribution in [-0.4, -0.2) is 16.9 Å². The molecule has 1 aromatic heterocycles. The normalized spacial score (nSPS) is 10.4. The molecule has 1 amide bonds. The van der Waals surface area contributed by atoms with Crippen LogP contribution in [0.1, 0.15) is 24.8 Å². The van der Waals surface area contributed by atoms with E-state index < -0.39 is 0 Å². The molecular weight excluding hydrogens is 344 g/mol. The summed E-state index contributed by atoms with van der Waals surface area (Å²) in [4.78, 5) is 27.2. The van der Waals surface area contributed by atoms with Crippen molar-refractivity contribution in [1.29, 1.82) is 0 Å². The molecule has 0 atom stereocenters. The Labute approximate surface area is 157 Å². The van der Waals surface area contributed by atoms with Crippen molar-refractivity contribution in [3.05, 3.63) is 66.2 Å². The Hall–Kier alpha value is -3.41. The van der Waals surface area contributed by atoms with Gasteiger partial charge >= 0.3 is 5.97 Å². The Bertz CT molecular complexity index is 928. The van der Waals surface area contributed by atoms with Crippen LogP contribution < -0.4 is 10.1 Å². The first kappa shape index (κ1) is 18.4. The summed E-state index contributed by atoms with van der Waals surface area (Å²) in [5.74, 6) is 1.05. The number of aryl methyl sites for hydroxylation is 2. The van der Waals surface area contributed by atoms with E-state index >= 15 is 0 Å². The summed E-state index contributed by atoms with van der Waals surface area (Å²) in [5, 5.41) is 2.65. The maximum Gasteiger partial charge on any atom is 0.311 e. The minimum Gasteiger partial charge on any atom is -0.441 e. The van der Waals surface area contributed by atoms with E-state index in [2.05, 4.69) is 10.3 Å². The second-order valence-corrected chi connectivity index (χ2v) is 6.16. The highest BCUT2D eigenvalue weighted by molar-refractivity contribution is 5.88. The molecule has 0 fully saturated rings. The standard InChI is InChI=1S/C21H20N2O4/c1-14-3-5-16(6-4-14)19-13-22-20(27-19)11-12-21(25)26-18-9-7-17(8-10-18)23-15(2)24/h3-10,13H,11-12H2,1-2H3,(H,23,24). The molecule has 27 heavy (non-hydrogen) atoms. The lowest BCUT2D eigenvalue weighted by Gasteiger charge is -2.05. The molecule has 0 saturated carbocycles. The number of amides is 1. The molecule has 0 aliphatic rings. The number of aromatic nitrogens is 1. The van der Waals surface area contributed by atoms with Crippen LogP contribution >= 0.6 is 0 Å². The summed E-state index contributed by atoms with van der Waals surface area (Å²) in [7, 11) is 0. The first-order valence-corrected chi connectivity index (χ1v) is 8.60. The number of benzene rings is 2. The number of anilines is 1. The van der Waals surface area contributed by atoms with Gasteiger partial charge in [0.1, 0.15) is 5.75 Å². The Morgan fingerprint density at radius 3 is 2.44 bits per heavy atom. The SMILES string of the molecule is CC(=O)Nc1ccc(OC(=O)CCc2ncc(-c3ccc(C)cc3)o2)cc1. The quantitative estimate of drug-likeness (QED) is 0.525. The van der Waals surface area contributed by atoms with Crippen LogP contribution in [0.25, 0.3) is 11.3 Å². The molecule has 6 nitrogen and oxygen atoms in total. The smallest absolute Gasteiger partial charge is 0.311 e. The number of oxazole rings is 1. The number of esters is 1. The maximum atomic E-state index is 12.0. The van der Waals surface area contributed by atoms with Crippen LogP contribution in [0.3, 0.4) is 0 Å². The van der Waals surface area contributed by atoms with E-state index in [1.165, 1.54) is 12.5 Å². The number of nitrogens with one attached hydrogen (secondary N) is 1. The lowest BCUT2D eigenvalue weighted by Crippen LogP contribution is -2.09. The fraction of sp³-hybridized carbons (Fsp3) is 0.190. The summed E-state index contributed by atoms with van der Waals surface area (Å²) in [5.41, 5.74) is 2.76. The Morgan fingerprint density at radius 1 is 1.07 bits per heavy atom. The first-order chi connectivity index (χ1) is 13.0. The van der Waals surface area contributed by atoms with E-state index in [4.69, 9.17) is 9.15 Å². The number of carbonyl (C=O) groups is 2. The van der Waals surface area contributed by atoms with Gasteiger partial charge in [-0.05, 0) is 31.2 Å². The average molecular weight is 364 g/mol. The highest BCUT2D eigenvalue weighted by atomic mass is 16.5. The zero-order valence-electron chi connectivity index (χ0n) is 15.2. The van der Waals surface area contributed by atoms with Crippen molar-refractivity contribution < 1.29 is 18.7 Å². The fourth-order valence-electron chi connectivity index (χ4n) is 2.48. The number of carbonyl (C=O) groups excluding carboxylic acids is 2. The molecule has 3 rings (SSSR count). The number of hydrogen-bond donors (Lipinski definition) is 1. The summed E-state index contributed by atoms with van der Waals surface area (Å²) >= 11 is 0. The molecule has 0 radical (unpaired) electrons. The highest BCUT2D eigenvalue weighted by Gasteiger charge is 2.11. The molecule has 0 spiro atoms. The van der Waals surface area contributed by atoms with Crippen molar-refractivity contribution in [2.75, 3.05) is 5.32 Å². The second kappa shape index (κ2) is 8.31. The van der Waals surface area contributed by atoms with Gasteiger partial charge in [-0.2, -0.15) is 0 Å². The van der Waals surface area contributed by atoms with E-state index in [1.54, 1.807) is 30.5 Å². The van der Waals surface area contributed by atoms with Gasteiger partial charge in [0.25, 0.3) is 0 Å². The number of ether oxygens (including phenoxy) is 1. The van der Waals surface area contributed by atoms with Crippen molar-refractivity contribution >= 4 is 17.6 Å². The van der Waals surface area contributed by atoms with E-state index in [1.807, 2.05) is 31.2 Å². The van der Waals surface area contributed by atoms with Gasteiger partial charge in [-0.3, -0.25) is 9.59 Å². The lowest BCUT2D eigenvalue weighted by atomic mass is 10.1. The van der Waals surface area contributed by atoms with Crippen LogP contribution in [0.5, 0.6) is 5.75 Å². The Morgan fingerprint density at radius 2 is 1.78 bits per heavy atom. The van der Waals surface area contributed by atoms with Crippen LogP contribution in [0.15, 0.2) is 59.1 Å². The van der Waals surface area contributed by atoms with Gasteiger partial charge in [0.15, 0.2) is 11.7 Å². The molecule has 0 aliphatic carbocycles. The van der Waals surface area contributed by atoms with Gasteiger partial charge in [-0.1, -0.05) is 29.8 Å². The van der Waals surface area contributed by atoms with Crippen LogP contribution in [-0.2, 0) is 16.0 Å². The lowest BCUT2D eigenvalue weighted by molar-refractivity contribution is -0.134. The van der Waals surface area contributed by atoms with Crippen molar-refractivity contribution in [2.24, 2.45) is 0 Å². The molecule has 6 heteroatoms. The summed E-state index contributed by atoms with van der Waals surface area (Å²) in [6, 6.07) is 14.6. The minimum atomic E-state index is -0.377. The van der Waals surface area contributed by atoms with Crippen molar-refractivity contribution in [2.45, 2.75) is 26.7 Å². The third-order valence-corrected chi connectivity index (χ3v) is 3.84. The zero-order valence-corrected chi connectivity index (χ0v) is 15.2. The molecule has 0 bridgehead atoms. The minimum absolute atomic E-state index is 0.154. The Balaban J connectivity index is 1.52. The topological polar surface area (TPSA) is 81.4 Å². The van der Waals surface area contributed by atoms with Gasteiger partial charge in [-0.15, -0.1) is 0 Å². The van der Waals surface area contributed by atoms with Crippen LogP contribution in [0.4, 0.5) is 5.69 Å². The first-order valence-electron chi connectivity index (χ1n) is 8.60. The fourth-order valence-corrected chi connectivity index (χ4v) is 2.48. The number of hydrogen-bond acceptors (Lipinski definition) is 5. The predicted molar refractivity (Wildman–Crippen MR) is 101 cm³/mol. The van der Waals surface area contributed by atoms with Crippen molar-refractivity contribution in [3.8, 4) is 17.1 Å². The third kappa shape index (κ3) is 5.28. The molecule has 1 heterocycles. The predicted octanol–water partition coefficient (Wildman–Crippen LogP) is 4.15. The van der Waals surface area contributed by atoms with Gasteiger partial charge in [0.05, 0.1) is 12.6 Å². The van der Waals surface area contributed by atoms with E-state index in [0.717, 1.165) is 5.56 Å². The zero-order chi connectivity index (χ0) is 19.2. The monoisotopic (exact) mass is 364 g/mol. The average Bonchev–Trinajstić information content (AvgIpc) is 3.11. The molecule has 3 aromatic rings. The van der Waals surface area contributed by atoms with Crippen molar-refractivity contribution in [3.63, 3.8) is 0 Å². The van der Waals surface area contributed by atoms with Crippen molar-refractivity contribution in [1.82, 2.24) is 4.98 Å². The van der Waals surface area contributed by atoms with Gasteiger partial charge in [-0.25, -0.2) is 4.98 Å². The molecule has 2 aromatic carbocycles. The molecule has 1 N–H and O–H groups in total. The van der Waals surface area contributed by atoms with Crippen LogP contribution in [0.2, 0.25) is 0 Å². The highest BCUT2D eigenvalue weighted by Crippen LogP contribution is 2.21. The Kier molecular flexibility index (Phi) is 5.66. The van der Waals surface area contributed by atoms with E-state index in [-0.39, 0.29) is 18.3 Å². The largest absolute Gasteiger partial charge is 0.441 e. The second-order valence-electron chi connectivity index (χ2n) is 6.16. The van der Waals surface area contributed by atoms with Gasteiger partial charge in [0, 0.05) is 24.6 Å². The number of nitrogens with zero attached hydrogens (tertiary/aromatic N) is 1. The summed E-state index contributed by atoms with van der Waals surface area (Å²) in [6.07, 6.45) is 2.17.